The quantitative estimate of drug-likeness (QED) is 0.780. The largest absolute Gasteiger partial charge is 0.337 e. The maximum absolute atomic E-state index is 12.4. The van der Waals surface area contributed by atoms with Gasteiger partial charge in [-0.3, -0.25) is 4.79 Å². The summed E-state index contributed by atoms with van der Waals surface area (Å²) >= 11 is 3.38. The number of nitrogens with zero attached hydrogens (tertiary/aromatic N) is 1. The van der Waals surface area contributed by atoms with Gasteiger partial charge in [-0.2, -0.15) is 0 Å². The lowest BCUT2D eigenvalue weighted by Crippen LogP contribution is -2.26. The van der Waals surface area contributed by atoms with E-state index in [-0.39, 0.29) is 11.7 Å². The fourth-order valence-corrected chi connectivity index (χ4v) is 3.26. The number of amides is 1. The molecule has 122 valence electrons. The summed E-state index contributed by atoms with van der Waals surface area (Å²) in [7, 11) is -1.33. The van der Waals surface area contributed by atoms with Gasteiger partial charge < -0.3 is 4.90 Å². The van der Waals surface area contributed by atoms with Gasteiger partial charge in [0.2, 0.25) is 0 Å². The van der Waals surface area contributed by atoms with Gasteiger partial charge in [-0.05, 0) is 35.4 Å². The minimum Gasteiger partial charge on any atom is -0.337 e. The molecule has 0 radical (unpaired) electrons. The number of carbonyl (C=O) groups is 1. The molecule has 0 atom stereocenters. The SMILES string of the molecule is CN(Cc1ccc(Br)cc1)C(=O)c1ccc(CS(C)(=O)=O)cc1. The molecule has 0 saturated heterocycles. The average Bonchev–Trinajstić information content (AvgIpc) is 2.48. The van der Waals surface area contributed by atoms with Gasteiger partial charge in [-0.25, -0.2) is 8.42 Å². The van der Waals surface area contributed by atoms with E-state index in [0.717, 1.165) is 10.0 Å². The molecule has 0 aliphatic carbocycles. The molecule has 0 N–H and O–H groups in total. The zero-order valence-electron chi connectivity index (χ0n) is 13.0. The van der Waals surface area contributed by atoms with Crippen LogP contribution in [0, 0.1) is 0 Å². The summed E-state index contributed by atoms with van der Waals surface area (Å²) in [5.41, 5.74) is 2.26. The Morgan fingerprint density at radius 3 is 2.04 bits per heavy atom. The summed E-state index contributed by atoms with van der Waals surface area (Å²) in [4.78, 5) is 14.0. The van der Waals surface area contributed by atoms with Crippen LogP contribution in [0.25, 0.3) is 0 Å². The second-order valence-electron chi connectivity index (χ2n) is 5.55. The van der Waals surface area contributed by atoms with E-state index in [1.165, 1.54) is 6.26 Å². The number of hydrogen-bond donors (Lipinski definition) is 0. The van der Waals surface area contributed by atoms with Crippen molar-refractivity contribution in [3.63, 3.8) is 0 Å². The zero-order valence-corrected chi connectivity index (χ0v) is 15.4. The molecular formula is C17H18BrNO3S. The van der Waals surface area contributed by atoms with E-state index in [1.54, 1.807) is 36.2 Å². The Bertz CT molecular complexity index is 784. The monoisotopic (exact) mass is 395 g/mol. The number of carbonyl (C=O) groups excluding carboxylic acids is 1. The van der Waals surface area contributed by atoms with Crippen molar-refractivity contribution in [1.82, 2.24) is 4.90 Å². The van der Waals surface area contributed by atoms with Crippen molar-refractivity contribution in [2.24, 2.45) is 0 Å². The lowest BCUT2D eigenvalue weighted by atomic mass is 10.1. The van der Waals surface area contributed by atoms with Crippen molar-refractivity contribution in [3.8, 4) is 0 Å². The van der Waals surface area contributed by atoms with Gasteiger partial charge in [-0.15, -0.1) is 0 Å². The first-order valence-corrected chi connectivity index (χ1v) is 9.86. The van der Waals surface area contributed by atoms with Crippen LogP contribution in [0.2, 0.25) is 0 Å². The Balaban J connectivity index is 2.05. The highest BCUT2D eigenvalue weighted by molar-refractivity contribution is 9.10. The van der Waals surface area contributed by atoms with Crippen LogP contribution in [-0.2, 0) is 22.1 Å². The van der Waals surface area contributed by atoms with E-state index in [1.807, 2.05) is 24.3 Å². The van der Waals surface area contributed by atoms with E-state index >= 15 is 0 Å². The van der Waals surface area contributed by atoms with Gasteiger partial charge in [0, 0.05) is 29.9 Å². The first-order chi connectivity index (χ1) is 10.7. The van der Waals surface area contributed by atoms with Gasteiger partial charge in [0.25, 0.3) is 5.91 Å². The Hall–Kier alpha value is -1.66. The molecule has 0 unspecified atom stereocenters. The maximum Gasteiger partial charge on any atom is 0.253 e. The van der Waals surface area contributed by atoms with E-state index in [0.29, 0.717) is 17.7 Å². The van der Waals surface area contributed by atoms with Crippen LogP contribution < -0.4 is 0 Å². The minimum atomic E-state index is -3.07. The summed E-state index contributed by atoms with van der Waals surface area (Å²) < 4.78 is 23.5. The van der Waals surface area contributed by atoms with E-state index in [9.17, 15) is 13.2 Å². The predicted molar refractivity (Wildman–Crippen MR) is 94.9 cm³/mol. The van der Waals surface area contributed by atoms with Crippen molar-refractivity contribution in [1.29, 1.82) is 0 Å². The van der Waals surface area contributed by atoms with E-state index < -0.39 is 9.84 Å². The normalized spacial score (nSPS) is 11.3. The molecule has 1 amide bonds. The molecule has 0 heterocycles. The smallest absolute Gasteiger partial charge is 0.253 e. The Morgan fingerprint density at radius 1 is 1.00 bits per heavy atom. The van der Waals surface area contributed by atoms with Crippen molar-refractivity contribution < 1.29 is 13.2 Å². The Morgan fingerprint density at radius 2 is 1.52 bits per heavy atom. The second-order valence-corrected chi connectivity index (χ2v) is 8.61. The van der Waals surface area contributed by atoms with Crippen LogP contribution in [0.4, 0.5) is 0 Å². The molecule has 2 aromatic rings. The van der Waals surface area contributed by atoms with Crippen molar-refractivity contribution >= 4 is 31.7 Å². The van der Waals surface area contributed by atoms with Gasteiger partial charge in [0.05, 0.1) is 5.75 Å². The highest BCUT2D eigenvalue weighted by atomic mass is 79.9. The van der Waals surface area contributed by atoms with E-state index in [2.05, 4.69) is 15.9 Å². The number of benzene rings is 2. The third kappa shape index (κ3) is 5.48. The summed E-state index contributed by atoms with van der Waals surface area (Å²) in [5, 5.41) is 0. The molecule has 0 aliphatic heterocycles. The van der Waals surface area contributed by atoms with Gasteiger partial charge in [0.15, 0.2) is 9.84 Å². The molecule has 2 aromatic carbocycles. The molecule has 0 saturated carbocycles. The lowest BCUT2D eigenvalue weighted by Gasteiger charge is -2.17. The van der Waals surface area contributed by atoms with Gasteiger partial charge in [-0.1, -0.05) is 40.2 Å². The minimum absolute atomic E-state index is 0.0177. The second kappa shape index (κ2) is 7.27. The number of sulfone groups is 1. The summed E-state index contributed by atoms with van der Waals surface area (Å²) in [6, 6.07) is 14.5. The maximum atomic E-state index is 12.4. The fourth-order valence-electron chi connectivity index (χ4n) is 2.20. The van der Waals surface area contributed by atoms with Gasteiger partial charge >= 0.3 is 0 Å². The summed E-state index contributed by atoms with van der Waals surface area (Å²) in [6.45, 7) is 0.511. The van der Waals surface area contributed by atoms with Crippen LogP contribution in [-0.4, -0.2) is 32.5 Å². The Kier molecular flexibility index (Phi) is 5.59. The molecule has 2 rings (SSSR count). The fraction of sp³-hybridized carbons (Fsp3) is 0.235. The van der Waals surface area contributed by atoms with Crippen LogP contribution >= 0.6 is 15.9 Å². The Labute approximate surface area is 145 Å². The van der Waals surface area contributed by atoms with Crippen LogP contribution in [0.5, 0.6) is 0 Å². The standard InChI is InChI=1S/C17H18BrNO3S/c1-19(11-13-5-9-16(18)10-6-13)17(20)15-7-3-14(4-8-15)12-23(2,21)22/h3-10H,11-12H2,1-2H3. The third-order valence-corrected chi connectivity index (χ3v) is 4.70. The van der Waals surface area contributed by atoms with Crippen molar-refractivity contribution in [3.05, 3.63) is 69.7 Å². The third-order valence-electron chi connectivity index (χ3n) is 3.31. The molecule has 0 aromatic heterocycles. The van der Waals surface area contributed by atoms with Crippen LogP contribution in [0.1, 0.15) is 21.5 Å². The molecule has 23 heavy (non-hydrogen) atoms. The number of rotatable bonds is 5. The molecule has 4 nitrogen and oxygen atoms in total. The summed E-state index contributed by atoms with van der Waals surface area (Å²) in [5.74, 6) is -0.116. The summed E-state index contributed by atoms with van der Waals surface area (Å²) in [6.07, 6.45) is 1.19. The highest BCUT2D eigenvalue weighted by Gasteiger charge is 2.13. The lowest BCUT2D eigenvalue weighted by molar-refractivity contribution is 0.0785. The van der Waals surface area contributed by atoms with Crippen LogP contribution in [0.3, 0.4) is 0 Å². The molecule has 0 aliphatic rings. The molecule has 0 fully saturated rings. The van der Waals surface area contributed by atoms with Crippen LogP contribution in [0.15, 0.2) is 53.0 Å². The molecule has 6 heteroatoms. The van der Waals surface area contributed by atoms with E-state index in [4.69, 9.17) is 0 Å². The number of halogens is 1. The zero-order chi connectivity index (χ0) is 17.0. The predicted octanol–water partition coefficient (Wildman–Crippen LogP) is 3.27. The highest BCUT2D eigenvalue weighted by Crippen LogP contribution is 2.14. The van der Waals surface area contributed by atoms with Crippen molar-refractivity contribution in [2.45, 2.75) is 12.3 Å². The molecule has 0 bridgehead atoms. The molecular weight excluding hydrogens is 378 g/mol. The first-order valence-electron chi connectivity index (χ1n) is 7.01. The first kappa shape index (κ1) is 17.7. The number of hydrogen-bond acceptors (Lipinski definition) is 3. The van der Waals surface area contributed by atoms with Crippen molar-refractivity contribution in [2.75, 3.05) is 13.3 Å². The average molecular weight is 396 g/mol. The van der Waals surface area contributed by atoms with Gasteiger partial charge in [0.1, 0.15) is 0 Å². The topological polar surface area (TPSA) is 54.5 Å². The molecule has 0 spiro atoms.